The summed E-state index contributed by atoms with van der Waals surface area (Å²) in [4.78, 5) is 11.8. The zero-order chi connectivity index (χ0) is 14.7. The Labute approximate surface area is 127 Å². The number of thiophene rings is 1. The highest BCUT2D eigenvalue weighted by molar-refractivity contribution is 7.10. The molecule has 2 aromatic rings. The number of carboxylic acids is 1. The summed E-state index contributed by atoms with van der Waals surface area (Å²) < 4.78 is 38.2. The first-order chi connectivity index (χ1) is 9.47. The summed E-state index contributed by atoms with van der Waals surface area (Å²) in [6.07, 6.45) is -1.54. The quantitative estimate of drug-likeness (QED) is 0.847. The number of anilines is 1. The predicted octanol–water partition coefficient (Wildman–Crippen LogP) is 3.08. The zero-order valence-corrected chi connectivity index (χ0v) is 12.1. The van der Waals surface area contributed by atoms with Crippen LogP contribution in [0, 0.1) is 5.13 Å². The van der Waals surface area contributed by atoms with Crippen molar-refractivity contribution in [2.75, 3.05) is 5.32 Å². The molecule has 0 bridgehead atoms. The number of halogens is 4. The van der Waals surface area contributed by atoms with E-state index in [2.05, 4.69) is 10.4 Å². The summed E-state index contributed by atoms with van der Waals surface area (Å²) >= 11 is 0.915. The molecule has 0 saturated heterocycles. The number of nitrogens with zero attached hydrogens (tertiary/aromatic N) is 2. The van der Waals surface area contributed by atoms with E-state index in [4.69, 9.17) is 5.11 Å². The fourth-order valence-electron chi connectivity index (χ4n) is 1.64. The standard InChI is InChI=1S/C11H10F3N3O2S.ClH/c12-8(13)5-17-10(11(18)19)7(4-16-17)15-3-6-1-2-9(14)20-6;/h1-2,4,8,15H,3,5H2,(H,18,19);1H. The fraction of sp³-hybridized carbons (Fsp3) is 0.273. The average Bonchev–Trinajstić information content (AvgIpc) is 2.92. The molecule has 0 spiro atoms. The molecular formula is C11H11ClF3N3O2S. The van der Waals surface area contributed by atoms with Crippen LogP contribution >= 0.6 is 23.7 Å². The Balaban J connectivity index is 0.00000220. The van der Waals surface area contributed by atoms with Crippen LogP contribution in [0.1, 0.15) is 15.4 Å². The van der Waals surface area contributed by atoms with Crippen molar-refractivity contribution in [1.29, 1.82) is 0 Å². The summed E-state index contributed by atoms with van der Waals surface area (Å²) in [6.45, 7) is -0.605. The molecule has 0 unspecified atom stereocenters. The van der Waals surface area contributed by atoms with Gasteiger partial charge in [0.05, 0.1) is 11.9 Å². The highest BCUT2D eigenvalue weighted by atomic mass is 35.5. The number of aromatic carboxylic acids is 1. The van der Waals surface area contributed by atoms with Crippen molar-refractivity contribution < 1.29 is 23.1 Å². The molecule has 0 aliphatic rings. The summed E-state index contributed by atoms with van der Waals surface area (Å²) in [5.41, 5.74) is -0.228. The summed E-state index contributed by atoms with van der Waals surface area (Å²) in [5, 5.41) is 15.1. The molecule has 0 aliphatic heterocycles. The van der Waals surface area contributed by atoms with Crippen molar-refractivity contribution in [2.24, 2.45) is 0 Å². The lowest BCUT2D eigenvalue weighted by atomic mass is 10.3. The lowest BCUT2D eigenvalue weighted by Crippen LogP contribution is -2.16. The van der Waals surface area contributed by atoms with E-state index in [1.807, 2.05) is 0 Å². The second-order valence-electron chi connectivity index (χ2n) is 3.84. The third kappa shape index (κ3) is 4.36. The molecule has 21 heavy (non-hydrogen) atoms. The molecular weight excluding hydrogens is 331 g/mol. The lowest BCUT2D eigenvalue weighted by molar-refractivity contribution is 0.0672. The first kappa shape index (κ1) is 17.3. The van der Waals surface area contributed by atoms with Gasteiger partial charge in [-0.15, -0.1) is 23.7 Å². The molecule has 0 aromatic carbocycles. The summed E-state index contributed by atoms with van der Waals surface area (Å²) in [5.74, 6) is -1.36. The molecule has 2 heterocycles. The van der Waals surface area contributed by atoms with Crippen molar-refractivity contribution in [3.05, 3.63) is 34.0 Å². The van der Waals surface area contributed by atoms with Gasteiger partial charge in [-0.25, -0.2) is 13.6 Å². The van der Waals surface area contributed by atoms with Crippen LogP contribution in [0.15, 0.2) is 18.3 Å². The van der Waals surface area contributed by atoms with Gasteiger partial charge in [0.15, 0.2) is 10.8 Å². The molecule has 0 aliphatic carbocycles. The minimum Gasteiger partial charge on any atom is -0.476 e. The Hall–Kier alpha value is -1.74. The van der Waals surface area contributed by atoms with Gasteiger partial charge in [0, 0.05) is 11.4 Å². The first-order valence-corrected chi connectivity index (χ1v) is 6.34. The Morgan fingerprint density at radius 1 is 1.48 bits per heavy atom. The molecule has 0 saturated carbocycles. The van der Waals surface area contributed by atoms with Gasteiger partial charge >= 0.3 is 5.97 Å². The molecule has 0 amide bonds. The second kappa shape index (κ2) is 7.32. The Kier molecular flexibility index (Phi) is 6.03. The maximum Gasteiger partial charge on any atom is 0.356 e. The van der Waals surface area contributed by atoms with Gasteiger partial charge < -0.3 is 10.4 Å². The van der Waals surface area contributed by atoms with Crippen molar-refractivity contribution in [2.45, 2.75) is 19.5 Å². The molecule has 0 atom stereocenters. The topological polar surface area (TPSA) is 67.2 Å². The molecule has 0 fully saturated rings. The van der Waals surface area contributed by atoms with E-state index >= 15 is 0 Å². The summed E-state index contributed by atoms with van der Waals surface area (Å²) in [6, 6.07) is 2.84. The number of carboxylic acid groups (broad SMARTS) is 1. The van der Waals surface area contributed by atoms with Crippen LogP contribution in [0.3, 0.4) is 0 Å². The number of aromatic nitrogens is 2. The average molecular weight is 342 g/mol. The van der Waals surface area contributed by atoms with E-state index in [9.17, 15) is 18.0 Å². The monoisotopic (exact) mass is 341 g/mol. The number of alkyl halides is 2. The second-order valence-corrected chi connectivity index (χ2v) is 4.96. The van der Waals surface area contributed by atoms with E-state index in [0.717, 1.165) is 22.2 Å². The van der Waals surface area contributed by atoms with Gasteiger partial charge in [0.1, 0.15) is 6.54 Å². The molecule has 2 N–H and O–H groups in total. The Morgan fingerprint density at radius 2 is 2.19 bits per heavy atom. The molecule has 5 nitrogen and oxygen atoms in total. The van der Waals surface area contributed by atoms with Crippen LogP contribution < -0.4 is 5.32 Å². The lowest BCUT2D eigenvalue weighted by Gasteiger charge is -2.06. The van der Waals surface area contributed by atoms with Gasteiger partial charge in [-0.3, -0.25) is 4.68 Å². The van der Waals surface area contributed by atoms with Crippen LogP contribution in [0.2, 0.25) is 0 Å². The van der Waals surface area contributed by atoms with Gasteiger partial charge in [-0.1, -0.05) is 0 Å². The SMILES string of the molecule is Cl.O=C(O)c1c(NCc2ccc(F)s2)cnn1CC(F)F. The van der Waals surface area contributed by atoms with Crippen LogP contribution in [0.4, 0.5) is 18.9 Å². The minimum absolute atomic E-state index is 0. The van der Waals surface area contributed by atoms with Crippen LogP contribution in [0.25, 0.3) is 0 Å². The number of hydrogen-bond donors (Lipinski definition) is 2. The van der Waals surface area contributed by atoms with Crippen LogP contribution in [-0.4, -0.2) is 27.3 Å². The molecule has 116 valence electrons. The van der Waals surface area contributed by atoms with E-state index < -0.39 is 18.9 Å². The van der Waals surface area contributed by atoms with Gasteiger partial charge in [-0.2, -0.15) is 9.49 Å². The normalized spacial score (nSPS) is 10.5. The number of hydrogen-bond acceptors (Lipinski definition) is 4. The largest absolute Gasteiger partial charge is 0.476 e. The molecule has 10 heteroatoms. The van der Waals surface area contributed by atoms with Crippen LogP contribution in [-0.2, 0) is 13.1 Å². The zero-order valence-electron chi connectivity index (χ0n) is 10.4. The fourth-order valence-corrected chi connectivity index (χ4v) is 2.31. The maximum absolute atomic E-state index is 12.8. The molecule has 2 aromatic heterocycles. The van der Waals surface area contributed by atoms with Gasteiger partial charge in [-0.05, 0) is 12.1 Å². The van der Waals surface area contributed by atoms with Crippen molar-refractivity contribution in [3.8, 4) is 0 Å². The van der Waals surface area contributed by atoms with Gasteiger partial charge in [0.2, 0.25) is 0 Å². The van der Waals surface area contributed by atoms with Crippen molar-refractivity contribution in [1.82, 2.24) is 9.78 Å². The van der Waals surface area contributed by atoms with E-state index in [-0.39, 0.29) is 35.5 Å². The van der Waals surface area contributed by atoms with Crippen molar-refractivity contribution in [3.63, 3.8) is 0 Å². The molecule has 2 rings (SSSR count). The van der Waals surface area contributed by atoms with Crippen molar-refractivity contribution >= 4 is 35.4 Å². The van der Waals surface area contributed by atoms with Crippen LogP contribution in [0.5, 0.6) is 0 Å². The van der Waals surface area contributed by atoms with E-state index in [1.54, 1.807) is 6.07 Å². The number of rotatable bonds is 6. The van der Waals surface area contributed by atoms with E-state index in [0.29, 0.717) is 4.88 Å². The predicted molar refractivity (Wildman–Crippen MR) is 74.0 cm³/mol. The highest BCUT2D eigenvalue weighted by Gasteiger charge is 2.20. The molecule has 0 radical (unpaired) electrons. The number of nitrogens with one attached hydrogen (secondary N) is 1. The number of carbonyl (C=O) groups is 1. The Morgan fingerprint density at radius 3 is 2.71 bits per heavy atom. The highest BCUT2D eigenvalue weighted by Crippen LogP contribution is 2.20. The Bertz CT molecular complexity index is 618. The summed E-state index contributed by atoms with van der Waals surface area (Å²) in [7, 11) is 0. The van der Waals surface area contributed by atoms with E-state index in [1.165, 1.54) is 6.07 Å². The van der Waals surface area contributed by atoms with Gasteiger partial charge in [0.25, 0.3) is 6.43 Å². The maximum atomic E-state index is 12.8. The minimum atomic E-state index is -2.70. The smallest absolute Gasteiger partial charge is 0.356 e. The third-order valence-electron chi connectivity index (χ3n) is 2.43. The third-order valence-corrected chi connectivity index (χ3v) is 3.31. The first-order valence-electron chi connectivity index (χ1n) is 5.52.